The molecule has 1 saturated heterocycles. The van der Waals surface area contributed by atoms with Gasteiger partial charge in [-0.15, -0.1) is 0 Å². The molecule has 2 aliphatic heterocycles. The van der Waals surface area contributed by atoms with Gasteiger partial charge in [-0.3, -0.25) is 4.90 Å². The summed E-state index contributed by atoms with van der Waals surface area (Å²) in [5.74, 6) is 1.11. The Morgan fingerprint density at radius 3 is 2.11 bits per heavy atom. The standard InChI is InChI=1S/C23H40N2OSi/c1-15(2)27(16(3)4,17(5)6)26-19-13-18(7)21-20(14-19)23(8)11-12-24(9)22(23)25(21)10/h13-17,22H,11-12H2,1-10H3/t22?,23-/m0/s1. The molecule has 0 saturated carbocycles. The number of anilines is 1. The maximum atomic E-state index is 7.05. The van der Waals surface area contributed by atoms with Crippen LogP contribution in [0.25, 0.3) is 0 Å². The van der Waals surface area contributed by atoms with Crippen molar-refractivity contribution in [1.29, 1.82) is 0 Å². The van der Waals surface area contributed by atoms with Crippen molar-refractivity contribution < 1.29 is 4.43 Å². The number of likely N-dealkylation sites (N-methyl/N-ethyl adjacent to an activating group) is 2. The summed E-state index contributed by atoms with van der Waals surface area (Å²) in [7, 11) is 2.59. The predicted octanol–water partition coefficient (Wildman–Crippen LogP) is 5.92. The van der Waals surface area contributed by atoms with Gasteiger partial charge in [-0.25, -0.2) is 0 Å². The molecule has 2 aliphatic rings. The van der Waals surface area contributed by atoms with E-state index in [9.17, 15) is 0 Å². The number of hydrogen-bond acceptors (Lipinski definition) is 3. The summed E-state index contributed by atoms with van der Waals surface area (Å²) in [4.78, 5) is 5.01. The number of nitrogens with zero attached hydrogens (tertiary/aromatic N) is 2. The molecule has 0 radical (unpaired) electrons. The second-order valence-corrected chi connectivity index (χ2v) is 15.6. The van der Waals surface area contributed by atoms with Crippen LogP contribution >= 0.6 is 0 Å². The fourth-order valence-corrected chi connectivity index (χ4v) is 11.8. The summed E-state index contributed by atoms with van der Waals surface area (Å²) in [5.41, 5.74) is 6.24. The van der Waals surface area contributed by atoms with E-state index < -0.39 is 8.32 Å². The number of fused-ring (bicyclic) bond motifs is 3. The first kappa shape index (κ1) is 20.7. The second-order valence-electron chi connectivity index (χ2n) is 10.2. The number of benzene rings is 1. The average molecular weight is 389 g/mol. The van der Waals surface area contributed by atoms with Gasteiger partial charge in [0.25, 0.3) is 8.32 Å². The summed E-state index contributed by atoms with van der Waals surface area (Å²) in [6.45, 7) is 20.1. The van der Waals surface area contributed by atoms with Crippen molar-refractivity contribution in [3.63, 3.8) is 0 Å². The van der Waals surface area contributed by atoms with E-state index in [0.717, 1.165) is 12.3 Å². The summed E-state index contributed by atoms with van der Waals surface area (Å²) >= 11 is 0. The fourth-order valence-electron chi connectivity index (χ4n) is 6.53. The van der Waals surface area contributed by atoms with Gasteiger partial charge < -0.3 is 9.33 Å². The lowest BCUT2D eigenvalue weighted by Gasteiger charge is -2.42. The minimum Gasteiger partial charge on any atom is -0.543 e. The van der Waals surface area contributed by atoms with Gasteiger partial charge in [0.15, 0.2) is 0 Å². The SMILES string of the molecule is Cc1cc(O[Si](C(C)C)(C(C)C)C(C)C)cc2c1N(C)C1N(C)CC[C@@]21C. The van der Waals surface area contributed by atoms with Crippen molar-refractivity contribution >= 4 is 14.0 Å². The van der Waals surface area contributed by atoms with Gasteiger partial charge in [-0.1, -0.05) is 48.5 Å². The molecule has 0 aromatic heterocycles. The summed E-state index contributed by atoms with van der Waals surface area (Å²) < 4.78 is 7.05. The van der Waals surface area contributed by atoms with Crippen LogP contribution in [0.3, 0.4) is 0 Å². The van der Waals surface area contributed by atoms with Crippen molar-refractivity contribution in [1.82, 2.24) is 4.90 Å². The maximum absolute atomic E-state index is 7.05. The molecule has 0 N–H and O–H groups in total. The smallest absolute Gasteiger partial charge is 0.258 e. The first-order valence-electron chi connectivity index (χ1n) is 10.7. The fraction of sp³-hybridized carbons (Fsp3) is 0.739. The van der Waals surface area contributed by atoms with E-state index >= 15 is 0 Å². The van der Waals surface area contributed by atoms with Gasteiger partial charge in [-0.2, -0.15) is 0 Å². The molecule has 27 heavy (non-hydrogen) atoms. The molecular formula is C23H40N2OSi. The lowest BCUT2D eigenvalue weighted by atomic mass is 9.81. The molecule has 1 aromatic rings. The minimum absolute atomic E-state index is 0.195. The van der Waals surface area contributed by atoms with Crippen molar-refractivity contribution in [2.45, 2.75) is 90.0 Å². The third kappa shape index (κ3) is 2.86. The van der Waals surface area contributed by atoms with E-state index in [1.54, 1.807) is 0 Å². The molecule has 0 bridgehead atoms. The van der Waals surface area contributed by atoms with Gasteiger partial charge in [0.1, 0.15) is 5.75 Å². The number of hydrogen-bond donors (Lipinski definition) is 0. The summed E-state index contributed by atoms with van der Waals surface area (Å²) in [5, 5.41) is 0. The van der Waals surface area contributed by atoms with E-state index in [4.69, 9.17) is 4.43 Å². The number of likely N-dealkylation sites (tertiary alicyclic amines) is 1. The van der Waals surface area contributed by atoms with Gasteiger partial charge in [-0.05, 0) is 60.3 Å². The number of aryl methyl sites for hydroxylation is 1. The van der Waals surface area contributed by atoms with Crippen LogP contribution in [0, 0.1) is 6.92 Å². The van der Waals surface area contributed by atoms with Crippen LogP contribution < -0.4 is 9.33 Å². The highest BCUT2D eigenvalue weighted by Gasteiger charge is 2.53. The normalized spacial score (nSPS) is 25.7. The topological polar surface area (TPSA) is 15.7 Å². The first-order valence-corrected chi connectivity index (χ1v) is 12.9. The van der Waals surface area contributed by atoms with E-state index in [1.807, 2.05) is 0 Å². The van der Waals surface area contributed by atoms with Crippen LogP contribution in [0.4, 0.5) is 5.69 Å². The van der Waals surface area contributed by atoms with Crippen LogP contribution in [-0.4, -0.2) is 40.0 Å². The third-order valence-electron chi connectivity index (χ3n) is 7.58. The van der Waals surface area contributed by atoms with Gasteiger partial charge in [0, 0.05) is 24.7 Å². The van der Waals surface area contributed by atoms with Crippen molar-refractivity contribution in [2.75, 3.05) is 25.5 Å². The van der Waals surface area contributed by atoms with E-state index in [0.29, 0.717) is 22.8 Å². The Morgan fingerprint density at radius 2 is 1.59 bits per heavy atom. The molecule has 1 aromatic carbocycles. The Bertz CT molecular complexity index is 693. The average Bonchev–Trinajstić information content (AvgIpc) is 2.97. The summed E-state index contributed by atoms with van der Waals surface area (Å²) in [6, 6.07) is 4.70. The van der Waals surface area contributed by atoms with E-state index in [2.05, 4.69) is 91.4 Å². The zero-order valence-electron chi connectivity index (χ0n) is 19.2. The molecule has 1 unspecified atom stereocenters. The largest absolute Gasteiger partial charge is 0.543 e. The third-order valence-corrected chi connectivity index (χ3v) is 13.6. The molecule has 0 aliphatic carbocycles. The molecule has 152 valence electrons. The molecule has 0 spiro atoms. The van der Waals surface area contributed by atoms with Crippen molar-refractivity contribution in [3.05, 3.63) is 23.3 Å². The molecular weight excluding hydrogens is 348 g/mol. The molecule has 3 rings (SSSR count). The quantitative estimate of drug-likeness (QED) is 0.582. The zero-order valence-corrected chi connectivity index (χ0v) is 20.2. The predicted molar refractivity (Wildman–Crippen MR) is 120 cm³/mol. The maximum Gasteiger partial charge on any atom is 0.258 e. The Labute approximate surface area is 168 Å². The van der Waals surface area contributed by atoms with Crippen molar-refractivity contribution in [2.24, 2.45) is 0 Å². The molecule has 0 amide bonds. The highest BCUT2D eigenvalue weighted by molar-refractivity contribution is 6.78. The lowest BCUT2D eigenvalue weighted by Crippen LogP contribution is -2.50. The Balaban J connectivity index is 2.09. The zero-order chi connectivity index (χ0) is 20.3. The first-order chi connectivity index (χ1) is 12.5. The Morgan fingerprint density at radius 1 is 1.04 bits per heavy atom. The van der Waals surface area contributed by atoms with Crippen LogP contribution in [0.1, 0.15) is 66.0 Å². The van der Waals surface area contributed by atoms with Crippen LogP contribution in [0.5, 0.6) is 5.75 Å². The van der Waals surface area contributed by atoms with Crippen LogP contribution in [0.2, 0.25) is 16.6 Å². The van der Waals surface area contributed by atoms with Gasteiger partial charge in [0.05, 0.1) is 6.17 Å². The number of rotatable bonds is 5. The highest BCUT2D eigenvalue weighted by Crippen LogP contribution is 2.54. The molecule has 3 nitrogen and oxygen atoms in total. The Hall–Kier alpha value is -1.00. The monoisotopic (exact) mass is 388 g/mol. The minimum atomic E-state index is -1.94. The second kappa shape index (κ2) is 6.80. The van der Waals surface area contributed by atoms with Crippen LogP contribution in [-0.2, 0) is 5.41 Å². The summed E-state index contributed by atoms with van der Waals surface area (Å²) in [6.07, 6.45) is 1.68. The molecule has 2 heterocycles. The van der Waals surface area contributed by atoms with Crippen LogP contribution in [0.15, 0.2) is 12.1 Å². The molecule has 1 fully saturated rings. The van der Waals surface area contributed by atoms with E-state index in [1.165, 1.54) is 23.2 Å². The van der Waals surface area contributed by atoms with Gasteiger partial charge >= 0.3 is 0 Å². The van der Waals surface area contributed by atoms with Gasteiger partial charge in [0.2, 0.25) is 0 Å². The Kier molecular flexibility index (Phi) is 5.22. The van der Waals surface area contributed by atoms with E-state index in [-0.39, 0.29) is 5.41 Å². The van der Waals surface area contributed by atoms with Crippen molar-refractivity contribution in [3.8, 4) is 5.75 Å². The molecule has 4 heteroatoms. The lowest BCUT2D eigenvalue weighted by molar-refractivity contribution is 0.268. The molecule has 2 atom stereocenters. The highest BCUT2D eigenvalue weighted by atomic mass is 28.4.